The first-order valence-electron chi connectivity index (χ1n) is 7.43. The number of hydrogen-bond donors (Lipinski definition) is 1. The van der Waals surface area contributed by atoms with Crippen molar-refractivity contribution in [1.82, 2.24) is 9.88 Å². The van der Waals surface area contributed by atoms with Crippen molar-refractivity contribution in [3.05, 3.63) is 29.6 Å². The maximum absolute atomic E-state index is 12.2. The molecular weight excluding hydrogens is 266 g/mol. The Balaban J connectivity index is 2.13. The zero-order valence-corrected chi connectivity index (χ0v) is 13.3. The number of likely N-dealkylation sites (tertiary alicyclic amines) is 1. The Hall–Kier alpha value is -1.62. The SMILES string of the molecule is Cc1ncccc1C1CN(C(=O)OC(C)(C)C)CCC1N. The number of piperidine rings is 1. The number of hydrogen-bond acceptors (Lipinski definition) is 4. The molecule has 0 aromatic carbocycles. The van der Waals surface area contributed by atoms with E-state index >= 15 is 0 Å². The highest BCUT2D eigenvalue weighted by atomic mass is 16.6. The van der Waals surface area contributed by atoms with Crippen LogP contribution in [0.15, 0.2) is 18.3 Å². The van der Waals surface area contributed by atoms with Gasteiger partial charge in [-0.05, 0) is 45.7 Å². The van der Waals surface area contributed by atoms with E-state index in [2.05, 4.69) is 4.98 Å². The van der Waals surface area contributed by atoms with Crippen molar-refractivity contribution in [3.8, 4) is 0 Å². The van der Waals surface area contributed by atoms with Crippen LogP contribution in [0.3, 0.4) is 0 Å². The van der Waals surface area contributed by atoms with Crippen molar-refractivity contribution in [2.24, 2.45) is 5.73 Å². The number of pyridine rings is 1. The predicted octanol–water partition coefficient (Wildman–Crippen LogP) is 2.44. The van der Waals surface area contributed by atoms with Crippen LogP contribution >= 0.6 is 0 Å². The van der Waals surface area contributed by atoms with E-state index in [-0.39, 0.29) is 18.1 Å². The number of nitrogens with zero attached hydrogens (tertiary/aromatic N) is 2. The van der Waals surface area contributed by atoms with Gasteiger partial charge in [0.2, 0.25) is 0 Å². The van der Waals surface area contributed by atoms with Gasteiger partial charge in [0.15, 0.2) is 0 Å². The summed E-state index contributed by atoms with van der Waals surface area (Å²) in [7, 11) is 0. The number of ether oxygens (including phenoxy) is 1. The minimum atomic E-state index is -0.476. The number of aromatic nitrogens is 1. The molecule has 0 aliphatic carbocycles. The van der Waals surface area contributed by atoms with Crippen molar-refractivity contribution in [1.29, 1.82) is 0 Å². The maximum Gasteiger partial charge on any atom is 0.410 e. The van der Waals surface area contributed by atoms with Crippen LogP contribution in [0.5, 0.6) is 0 Å². The zero-order valence-electron chi connectivity index (χ0n) is 13.3. The first-order valence-corrected chi connectivity index (χ1v) is 7.43. The van der Waals surface area contributed by atoms with Crippen LogP contribution in [-0.4, -0.2) is 40.7 Å². The molecule has 2 atom stereocenters. The molecule has 1 aliphatic rings. The lowest BCUT2D eigenvalue weighted by atomic mass is 9.86. The number of nitrogens with two attached hydrogens (primary N) is 1. The summed E-state index contributed by atoms with van der Waals surface area (Å²) in [6.07, 6.45) is 2.29. The Kier molecular flexibility index (Phi) is 4.52. The zero-order chi connectivity index (χ0) is 15.6. The highest BCUT2D eigenvalue weighted by Crippen LogP contribution is 2.28. The lowest BCUT2D eigenvalue weighted by Crippen LogP contribution is -2.49. The van der Waals surface area contributed by atoms with Crippen LogP contribution in [0.25, 0.3) is 0 Å². The van der Waals surface area contributed by atoms with Gasteiger partial charge in [0.05, 0.1) is 0 Å². The molecular formula is C16H25N3O2. The van der Waals surface area contributed by atoms with Crippen LogP contribution in [0.1, 0.15) is 44.4 Å². The second-order valence-electron chi connectivity index (χ2n) is 6.66. The monoisotopic (exact) mass is 291 g/mol. The highest BCUT2D eigenvalue weighted by molar-refractivity contribution is 5.68. The fourth-order valence-electron chi connectivity index (χ4n) is 2.68. The van der Waals surface area contributed by atoms with Gasteiger partial charge < -0.3 is 15.4 Å². The van der Waals surface area contributed by atoms with Gasteiger partial charge in [0.25, 0.3) is 0 Å². The van der Waals surface area contributed by atoms with Gasteiger partial charge in [-0.15, -0.1) is 0 Å². The summed E-state index contributed by atoms with van der Waals surface area (Å²) in [5, 5.41) is 0. The van der Waals surface area contributed by atoms with Gasteiger partial charge >= 0.3 is 6.09 Å². The molecule has 2 heterocycles. The van der Waals surface area contributed by atoms with Gasteiger partial charge in [0, 0.05) is 36.9 Å². The third-order valence-corrected chi connectivity index (χ3v) is 3.77. The molecule has 5 heteroatoms. The number of rotatable bonds is 1. The van der Waals surface area contributed by atoms with Crippen molar-refractivity contribution in [3.63, 3.8) is 0 Å². The van der Waals surface area contributed by atoms with Crippen molar-refractivity contribution >= 4 is 6.09 Å². The Morgan fingerprint density at radius 2 is 2.19 bits per heavy atom. The molecule has 2 unspecified atom stereocenters. The van der Waals surface area contributed by atoms with Crippen LogP contribution < -0.4 is 5.73 Å². The predicted molar refractivity (Wildman–Crippen MR) is 82.1 cm³/mol. The standard InChI is InChI=1S/C16H25N3O2/c1-11-12(6-5-8-18-11)13-10-19(9-7-14(13)17)15(20)21-16(2,3)4/h5-6,8,13-14H,7,9-10,17H2,1-4H3. The maximum atomic E-state index is 12.2. The molecule has 5 nitrogen and oxygen atoms in total. The second-order valence-corrected chi connectivity index (χ2v) is 6.66. The van der Waals surface area contributed by atoms with Crippen molar-refractivity contribution < 1.29 is 9.53 Å². The van der Waals surface area contributed by atoms with Gasteiger partial charge in [-0.1, -0.05) is 6.07 Å². The smallest absolute Gasteiger partial charge is 0.410 e. The molecule has 0 spiro atoms. The summed E-state index contributed by atoms with van der Waals surface area (Å²) in [6.45, 7) is 8.85. The average Bonchev–Trinajstić information content (AvgIpc) is 2.38. The fourth-order valence-corrected chi connectivity index (χ4v) is 2.68. The largest absolute Gasteiger partial charge is 0.444 e. The first-order chi connectivity index (χ1) is 9.78. The Labute approximate surface area is 126 Å². The molecule has 21 heavy (non-hydrogen) atoms. The third-order valence-electron chi connectivity index (χ3n) is 3.77. The minimum absolute atomic E-state index is 0.0478. The van der Waals surface area contributed by atoms with Crippen LogP contribution in [0.4, 0.5) is 4.79 Å². The van der Waals surface area contributed by atoms with Crippen molar-refractivity contribution in [2.45, 2.75) is 51.7 Å². The molecule has 2 N–H and O–H groups in total. The molecule has 1 aromatic rings. The topological polar surface area (TPSA) is 68.5 Å². The van der Waals surface area contributed by atoms with E-state index in [0.29, 0.717) is 13.1 Å². The van der Waals surface area contributed by atoms with Crippen molar-refractivity contribution in [2.75, 3.05) is 13.1 Å². The number of amides is 1. The van der Waals surface area contributed by atoms with Gasteiger partial charge in [-0.2, -0.15) is 0 Å². The molecule has 2 rings (SSSR count). The van der Waals surface area contributed by atoms with Crippen LogP contribution in [0, 0.1) is 6.92 Å². The van der Waals surface area contributed by atoms with E-state index < -0.39 is 5.60 Å². The highest BCUT2D eigenvalue weighted by Gasteiger charge is 2.33. The Morgan fingerprint density at radius 1 is 1.48 bits per heavy atom. The van der Waals surface area contributed by atoms with E-state index in [9.17, 15) is 4.79 Å². The summed E-state index contributed by atoms with van der Waals surface area (Å²) in [4.78, 5) is 18.3. The lowest BCUT2D eigenvalue weighted by molar-refractivity contribution is 0.0186. The normalized spacial score (nSPS) is 23.0. The van der Waals surface area contributed by atoms with Gasteiger partial charge in [-0.25, -0.2) is 4.79 Å². The Morgan fingerprint density at radius 3 is 2.81 bits per heavy atom. The molecule has 1 saturated heterocycles. The second kappa shape index (κ2) is 6.02. The lowest BCUT2D eigenvalue weighted by Gasteiger charge is -2.38. The minimum Gasteiger partial charge on any atom is -0.444 e. The average molecular weight is 291 g/mol. The first kappa shape index (κ1) is 15.8. The van der Waals surface area contributed by atoms with Crippen LogP contribution in [0.2, 0.25) is 0 Å². The summed E-state index contributed by atoms with van der Waals surface area (Å²) in [6, 6.07) is 4.01. The summed E-state index contributed by atoms with van der Waals surface area (Å²) < 4.78 is 5.46. The molecule has 0 saturated carbocycles. The van der Waals surface area contributed by atoms with E-state index in [4.69, 9.17) is 10.5 Å². The van der Waals surface area contributed by atoms with E-state index in [1.165, 1.54) is 0 Å². The van der Waals surface area contributed by atoms with E-state index in [1.54, 1.807) is 11.1 Å². The fraction of sp³-hybridized carbons (Fsp3) is 0.625. The van der Waals surface area contributed by atoms with Gasteiger partial charge in [-0.3, -0.25) is 4.98 Å². The number of aryl methyl sites for hydroxylation is 1. The van der Waals surface area contributed by atoms with Gasteiger partial charge in [0.1, 0.15) is 5.60 Å². The summed E-state index contributed by atoms with van der Waals surface area (Å²) >= 11 is 0. The van der Waals surface area contributed by atoms with E-state index in [1.807, 2.05) is 39.8 Å². The summed E-state index contributed by atoms with van der Waals surface area (Å²) in [5.41, 5.74) is 7.89. The molecule has 1 fully saturated rings. The molecule has 1 amide bonds. The number of carbonyl (C=O) groups excluding carboxylic acids is 1. The molecule has 0 radical (unpaired) electrons. The molecule has 1 aliphatic heterocycles. The molecule has 0 bridgehead atoms. The third kappa shape index (κ3) is 3.94. The number of carbonyl (C=O) groups is 1. The summed E-state index contributed by atoms with van der Waals surface area (Å²) in [5.74, 6) is 0.111. The Bertz CT molecular complexity index is 510. The van der Waals surface area contributed by atoms with Crippen LogP contribution in [-0.2, 0) is 4.74 Å². The quantitative estimate of drug-likeness (QED) is 0.863. The van der Waals surface area contributed by atoms with E-state index in [0.717, 1.165) is 17.7 Å². The molecule has 1 aromatic heterocycles. The molecule has 116 valence electrons.